The van der Waals surface area contributed by atoms with Crippen molar-refractivity contribution in [2.45, 2.75) is 51.0 Å². The number of amides is 1. The van der Waals surface area contributed by atoms with Crippen molar-refractivity contribution in [3.63, 3.8) is 0 Å². The third-order valence-corrected chi connectivity index (χ3v) is 3.64. The molecular formula is C13H25IN4O. The Morgan fingerprint density at radius 1 is 1.16 bits per heavy atom. The smallest absolute Gasteiger partial charge is 0.241 e. The highest BCUT2D eigenvalue weighted by molar-refractivity contribution is 14.0. The van der Waals surface area contributed by atoms with Crippen molar-refractivity contribution in [3.05, 3.63) is 0 Å². The molecule has 0 aromatic heterocycles. The van der Waals surface area contributed by atoms with Crippen molar-refractivity contribution in [3.8, 4) is 0 Å². The zero-order chi connectivity index (χ0) is 12.8. The highest BCUT2D eigenvalue weighted by atomic mass is 127. The summed E-state index contributed by atoms with van der Waals surface area (Å²) in [6.45, 7) is 0.933. The van der Waals surface area contributed by atoms with Gasteiger partial charge in [0.2, 0.25) is 5.91 Å². The molecule has 0 spiro atoms. The molecule has 1 amide bonds. The molecule has 5 nitrogen and oxygen atoms in total. The van der Waals surface area contributed by atoms with Crippen LogP contribution in [-0.4, -0.2) is 31.0 Å². The standard InChI is InChI=1S/C13H24N4O.HI/c14-13(17-11-4-2-1-3-5-11)16-9-12(18)15-8-10-6-7-10;/h10-11H,1-9H2,(H,15,18)(H3,14,16,17);1H. The Bertz CT molecular complexity index is 312. The van der Waals surface area contributed by atoms with E-state index < -0.39 is 0 Å². The number of nitrogens with zero attached hydrogens (tertiary/aromatic N) is 1. The van der Waals surface area contributed by atoms with E-state index in [1.165, 1.54) is 32.1 Å². The molecule has 6 heteroatoms. The highest BCUT2D eigenvalue weighted by Gasteiger charge is 2.21. The number of hydrogen-bond donors (Lipinski definition) is 3. The van der Waals surface area contributed by atoms with Gasteiger partial charge in [0.15, 0.2) is 5.96 Å². The molecule has 2 fully saturated rings. The molecule has 0 aromatic rings. The van der Waals surface area contributed by atoms with Crippen LogP contribution in [0, 0.1) is 5.92 Å². The van der Waals surface area contributed by atoms with Crippen molar-refractivity contribution in [2.24, 2.45) is 16.6 Å². The first-order valence-corrected chi connectivity index (χ1v) is 7.07. The van der Waals surface area contributed by atoms with Crippen LogP contribution in [0.15, 0.2) is 4.99 Å². The number of rotatable bonds is 5. The molecule has 4 N–H and O–H groups in total. The van der Waals surface area contributed by atoms with Crippen molar-refractivity contribution < 1.29 is 4.79 Å². The van der Waals surface area contributed by atoms with Crippen LogP contribution < -0.4 is 16.4 Å². The molecule has 0 aliphatic heterocycles. The lowest BCUT2D eigenvalue weighted by atomic mass is 9.96. The molecule has 0 aromatic carbocycles. The van der Waals surface area contributed by atoms with E-state index in [-0.39, 0.29) is 36.4 Å². The first-order valence-electron chi connectivity index (χ1n) is 7.07. The molecule has 0 unspecified atom stereocenters. The van der Waals surface area contributed by atoms with Gasteiger partial charge >= 0.3 is 0 Å². The third kappa shape index (κ3) is 6.98. The van der Waals surface area contributed by atoms with E-state index in [4.69, 9.17) is 5.73 Å². The van der Waals surface area contributed by atoms with Gasteiger partial charge in [-0.1, -0.05) is 19.3 Å². The lowest BCUT2D eigenvalue weighted by Gasteiger charge is -2.23. The molecule has 2 aliphatic rings. The van der Waals surface area contributed by atoms with Gasteiger partial charge in [0.05, 0.1) is 0 Å². The van der Waals surface area contributed by atoms with Gasteiger partial charge in [0, 0.05) is 12.6 Å². The van der Waals surface area contributed by atoms with Crippen LogP contribution in [0.25, 0.3) is 0 Å². The number of aliphatic imine (C=N–C) groups is 1. The Kier molecular flexibility index (Phi) is 7.48. The molecule has 110 valence electrons. The maximum absolute atomic E-state index is 11.5. The number of carbonyl (C=O) groups excluding carboxylic acids is 1. The lowest BCUT2D eigenvalue weighted by Crippen LogP contribution is -2.41. The second-order valence-electron chi connectivity index (χ2n) is 5.43. The SMILES string of the molecule is I.NC(=NCC(=O)NCC1CC1)NC1CCCCC1. The number of guanidine groups is 1. The van der Waals surface area contributed by atoms with Crippen LogP contribution in [0.3, 0.4) is 0 Å². The van der Waals surface area contributed by atoms with Crippen LogP contribution in [0.2, 0.25) is 0 Å². The van der Waals surface area contributed by atoms with Gasteiger partial charge in [0.1, 0.15) is 6.54 Å². The average Bonchev–Trinajstić information content (AvgIpc) is 3.19. The van der Waals surface area contributed by atoms with Crippen LogP contribution >= 0.6 is 24.0 Å². The molecule has 0 saturated heterocycles. The average molecular weight is 380 g/mol. The predicted octanol–water partition coefficient (Wildman–Crippen LogP) is 1.37. The van der Waals surface area contributed by atoms with E-state index in [1.807, 2.05) is 0 Å². The maximum atomic E-state index is 11.5. The van der Waals surface area contributed by atoms with E-state index in [0.717, 1.165) is 19.4 Å². The van der Waals surface area contributed by atoms with E-state index >= 15 is 0 Å². The van der Waals surface area contributed by atoms with E-state index in [1.54, 1.807) is 0 Å². The number of hydrogen-bond acceptors (Lipinski definition) is 2. The van der Waals surface area contributed by atoms with Gasteiger partial charge in [-0.15, -0.1) is 24.0 Å². The minimum Gasteiger partial charge on any atom is -0.370 e. The first kappa shape index (κ1) is 16.5. The highest BCUT2D eigenvalue weighted by Crippen LogP contribution is 2.27. The number of nitrogens with two attached hydrogens (primary N) is 1. The van der Waals surface area contributed by atoms with Gasteiger partial charge in [-0.25, -0.2) is 4.99 Å². The topological polar surface area (TPSA) is 79.5 Å². The fourth-order valence-electron chi connectivity index (χ4n) is 2.29. The number of halogens is 1. The molecule has 2 saturated carbocycles. The normalized spacial score (nSPS) is 20.5. The summed E-state index contributed by atoms with van der Waals surface area (Å²) in [4.78, 5) is 15.6. The summed E-state index contributed by atoms with van der Waals surface area (Å²) in [5.74, 6) is 1.08. The van der Waals surface area contributed by atoms with E-state index in [9.17, 15) is 4.79 Å². The molecule has 2 aliphatic carbocycles. The van der Waals surface area contributed by atoms with Gasteiger partial charge in [-0.05, 0) is 31.6 Å². The largest absolute Gasteiger partial charge is 0.370 e. The molecule has 0 heterocycles. The van der Waals surface area contributed by atoms with Gasteiger partial charge in [0.25, 0.3) is 0 Å². The van der Waals surface area contributed by atoms with Crippen LogP contribution in [0.5, 0.6) is 0 Å². The monoisotopic (exact) mass is 380 g/mol. The molecule has 0 bridgehead atoms. The lowest BCUT2D eigenvalue weighted by molar-refractivity contribution is -0.119. The quantitative estimate of drug-likeness (QED) is 0.383. The summed E-state index contributed by atoms with van der Waals surface area (Å²) in [6, 6.07) is 0.442. The molecular weight excluding hydrogens is 355 g/mol. The summed E-state index contributed by atoms with van der Waals surface area (Å²) in [6.07, 6.45) is 8.64. The second-order valence-corrected chi connectivity index (χ2v) is 5.43. The number of carbonyl (C=O) groups is 1. The second kappa shape index (κ2) is 8.60. The van der Waals surface area contributed by atoms with Crippen molar-refractivity contribution in [1.29, 1.82) is 0 Å². The van der Waals surface area contributed by atoms with Gasteiger partial charge < -0.3 is 16.4 Å². The summed E-state index contributed by atoms with van der Waals surface area (Å²) < 4.78 is 0. The zero-order valence-electron chi connectivity index (χ0n) is 11.4. The predicted molar refractivity (Wildman–Crippen MR) is 87.6 cm³/mol. The summed E-state index contributed by atoms with van der Waals surface area (Å²) in [5.41, 5.74) is 5.78. The van der Waals surface area contributed by atoms with E-state index in [2.05, 4.69) is 15.6 Å². The van der Waals surface area contributed by atoms with Crippen LogP contribution in [0.4, 0.5) is 0 Å². The van der Waals surface area contributed by atoms with E-state index in [0.29, 0.717) is 17.9 Å². The Morgan fingerprint density at radius 3 is 2.47 bits per heavy atom. The Morgan fingerprint density at radius 2 is 1.84 bits per heavy atom. The van der Waals surface area contributed by atoms with Crippen molar-refractivity contribution in [2.75, 3.05) is 13.1 Å². The third-order valence-electron chi connectivity index (χ3n) is 3.64. The maximum Gasteiger partial charge on any atom is 0.241 e. The first-order chi connectivity index (χ1) is 8.74. The van der Waals surface area contributed by atoms with Crippen LogP contribution in [-0.2, 0) is 4.79 Å². The summed E-state index contributed by atoms with van der Waals surface area (Å²) >= 11 is 0. The fraction of sp³-hybridized carbons (Fsp3) is 0.846. The zero-order valence-corrected chi connectivity index (χ0v) is 13.7. The summed E-state index contributed by atoms with van der Waals surface area (Å²) in [5, 5.41) is 6.07. The van der Waals surface area contributed by atoms with Crippen LogP contribution in [0.1, 0.15) is 44.9 Å². The van der Waals surface area contributed by atoms with Crippen molar-refractivity contribution in [1.82, 2.24) is 10.6 Å². The minimum atomic E-state index is -0.0321. The number of nitrogens with one attached hydrogen (secondary N) is 2. The van der Waals surface area contributed by atoms with Gasteiger partial charge in [-0.3, -0.25) is 4.79 Å². The minimum absolute atomic E-state index is 0. The van der Waals surface area contributed by atoms with Crippen molar-refractivity contribution >= 4 is 35.8 Å². The van der Waals surface area contributed by atoms with Gasteiger partial charge in [-0.2, -0.15) is 0 Å². The molecule has 2 rings (SSSR count). The fourth-order valence-corrected chi connectivity index (χ4v) is 2.29. The molecule has 0 radical (unpaired) electrons. The Labute approximate surface area is 132 Å². The Balaban J connectivity index is 0.00000180. The Hall–Kier alpha value is -0.530. The molecule has 0 atom stereocenters. The summed E-state index contributed by atoms with van der Waals surface area (Å²) in [7, 11) is 0. The molecule has 19 heavy (non-hydrogen) atoms.